The van der Waals surface area contributed by atoms with E-state index in [0.717, 1.165) is 13.0 Å². The van der Waals surface area contributed by atoms with Crippen LogP contribution in [0.4, 0.5) is 0 Å². The third-order valence-corrected chi connectivity index (χ3v) is 1.31. The van der Waals surface area contributed by atoms with E-state index in [1.54, 1.807) is 6.34 Å². The van der Waals surface area contributed by atoms with Crippen molar-refractivity contribution < 1.29 is 0 Å². The molecule has 0 aromatic heterocycles. The largest absolute Gasteiger partial charge is 0.372 e. The Kier molecular flexibility index (Phi) is 1.95. The van der Waals surface area contributed by atoms with Crippen molar-refractivity contribution >= 4 is 6.34 Å². The number of aliphatic imine (C=N–C) groups is 1. The number of rotatable bonds is 2. The van der Waals surface area contributed by atoms with Crippen molar-refractivity contribution in [3.05, 3.63) is 6.92 Å². The topological polar surface area (TPSA) is 50.4 Å². The lowest BCUT2D eigenvalue weighted by Gasteiger charge is -2.07. The molecule has 2 atom stereocenters. The van der Waals surface area contributed by atoms with Crippen molar-refractivity contribution in [2.45, 2.75) is 18.5 Å². The summed E-state index contributed by atoms with van der Waals surface area (Å²) in [6, 6.07) is 0.460. The molecule has 0 amide bonds. The number of hydrogen-bond acceptors (Lipinski definition) is 3. The number of nitrogens with two attached hydrogens (primary N) is 1. The zero-order valence-corrected chi connectivity index (χ0v) is 5.38. The Balaban J connectivity index is 2.14. The first-order valence-corrected chi connectivity index (χ1v) is 3.12. The van der Waals surface area contributed by atoms with Crippen LogP contribution in [-0.2, 0) is 0 Å². The van der Waals surface area contributed by atoms with E-state index < -0.39 is 0 Å². The molecular formula is C6H12N3+. The van der Waals surface area contributed by atoms with Crippen LogP contribution in [0.25, 0.3) is 0 Å². The fraction of sp³-hybridized carbons (Fsp3) is 0.667. The summed E-state index contributed by atoms with van der Waals surface area (Å²) in [4.78, 5) is 4.00. The number of nitrogens with one attached hydrogen (secondary N) is 1. The summed E-state index contributed by atoms with van der Waals surface area (Å²) in [5, 5.41) is 3.08. The first kappa shape index (κ1) is 6.42. The van der Waals surface area contributed by atoms with Crippen molar-refractivity contribution in [3.63, 3.8) is 0 Å². The number of nitrogens with zero attached hydrogens (tertiary/aromatic N) is 1. The van der Waals surface area contributed by atoms with Crippen LogP contribution in [0.1, 0.15) is 6.42 Å². The van der Waals surface area contributed by atoms with E-state index in [-0.39, 0.29) is 6.04 Å². The molecule has 0 aromatic rings. The van der Waals surface area contributed by atoms with Crippen molar-refractivity contribution in [2.24, 2.45) is 10.7 Å². The highest BCUT2D eigenvalue weighted by Gasteiger charge is 2.14. The Bertz CT molecular complexity index is 101. The summed E-state index contributed by atoms with van der Waals surface area (Å²) < 4.78 is 0. The third kappa shape index (κ3) is 1.93. The molecule has 0 saturated carbocycles. The van der Waals surface area contributed by atoms with Gasteiger partial charge in [0.15, 0.2) is 0 Å². The smallest absolute Gasteiger partial charge is 0.146 e. The SMILES string of the molecule is [CH2+]C(N)CC1CN=CN1. The third-order valence-electron chi connectivity index (χ3n) is 1.31. The standard InChI is InChI=1S/C6H12N3/c1-5(7)2-6-3-8-4-9-6/h4-6H,1-3,7H2,(H,8,9)/q+1. The summed E-state index contributed by atoms with van der Waals surface area (Å²) in [6.07, 6.45) is 2.63. The van der Waals surface area contributed by atoms with Gasteiger partial charge >= 0.3 is 0 Å². The van der Waals surface area contributed by atoms with Gasteiger partial charge in [-0.15, -0.1) is 0 Å². The molecule has 1 aliphatic heterocycles. The summed E-state index contributed by atoms with van der Waals surface area (Å²) in [5.41, 5.74) is 5.47. The van der Waals surface area contributed by atoms with E-state index in [9.17, 15) is 0 Å². The molecule has 3 N–H and O–H groups in total. The highest BCUT2D eigenvalue weighted by molar-refractivity contribution is 5.57. The second-order valence-corrected chi connectivity index (χ2v) is 2.35. The van der Waals surface area contributed by atoms with E-state index in [1.807, 2.05) is 0 Å². The molecule has 3 heteroatoms. The Morgan fingerprint density at radius 1 is 2.00 bits per heavy atom. The van der Waals surface area contributed by atoms with Gasteiger partial charge in [-0.1, -0.05) is 0 Å². The molecule has 9 heavy (non-hydrogen) atoms. The van der Waals surface area contributed by atoms with Crippen LogP contribution in [0.3, 0.4) is 0 Å². The fourth-order valence-electron chi connectivity index (χ4n) is 0.899. The van der Waals surface area contributed by atoms with Crippen LogP contribution in [0.15, 0.2) is 4.99 Å². The molecule has 0 bridgehead atoms. The average Bonchev–Trinajstić information content (AvgIpc) is 2.15. The summed E-state index contributed by atoms with van der Waals surface area (Å²) in [5.74, 6) is 0. The van der Waals surface area contributed by atoms with Crippen molar-refractivity contribution in [1.29, 1.82) is 0 Å². The highest BCUT2D eigenvalue weighted by Crippen LogP contribution is 1.98. The maximum atomic E-state index is 5.47. The van der Waals surface area contributed by atoms with Crippen LogP contribution >= 0.6 is 0 Å². The van der Waals surface area contributed by atoms with Gasteiger partial charge in [-0.3, -0.25) is 10.7 Å². The van der Waals surface area contributed by atoms with Gasteiger partial charge in [0.05, 0.1) is 25.8 Å². The minimum Gasteiger partial charge on any atom is -0.372 e. The normalized spacial score (nSPS) is 27.9. The van der Waals surface area contributed by atoms with Crippen LogP contribution < -0.4 is 11.1 Å². The van der Waals surface area contributed by atoms with Gasteiger partial charge in [-0.05, 0) is 0 Å². The summed E-state index contributed by atoms with van der Waals surface area (Å²) >= 11 is 0. The van der Waals surface area contributed by atoms with Crippen molar-refractivity contribution in [1.82, 2.24) is 5.32 Å². The molecular weight excluding hydrogens is 114 g/mol. The lowest BCUT2D eigenvalue weighted by molar-refractivity contribution is 0.564. The zero-order chi connectivity index (χ0) is 6.69. The van der Waals surface area contributed by atoms with Crippen LogP contribution in [0.5, 0.6) is 0 Å². The predicted octanol–water partition coefficient (Wildman–Crippen LogP) is -0.462. The highest BCUT2D eigenvalue weighted by atomic mass is 15.1. The van der Waals surface area contributed by atoms with Gasteiger partial charge in [-0.25, -0.2) is 0 Å². The molecule has 0 spiro atoms. The van der Waals surface area contributed by atoms with Gasteiger partial charge in [0.25, 0.3) is 0 Å². The molecule has 1 rings (SSSR count). The van der Waals surface area contributed by atoms with Crippen LogP contribution in [0.2, 0.25) is 0 Å². The maximum absolute atomic E-state index is 5.47. The maximum Gasteiger partial charge on any atom is 0.146 e. The monoisotopic (exact) mass is 126 g/mol. The lowest BCUT2D eigenvalue weighted by Crippen LogP contribution is -2.32. The van der Waals surface area contributed by atoms with E-state index in [1.165, 1.54) is 0 Å². The molecule has 2 unspecified atom stereocenters. The second-order valence-electron chi connectivity index (χ2n) is 2.35. The lowest BCUT2D eigenvalue weighted by atomic mass is 10.1. The number of hydrogen-bond donors (Lipinski definition) is 2. The van der Waals surface area contributed by atoms with E-state index in [2.05, 4.69) is 17.2 Å². The van der Waals surface area contributed by atoms with Crippen LogP contribution in [-0.4, -0.2) is 25.0 Å². The molecule has 0 aliphatic carbocycles. The molecule has 0 aromatic carbocycles. The first-order valence-electron chi connectivity index (χ1n) is 3.12. The molecule has 0 saturated heterocycles. The van der Waals surface area contributed by atoms with Gasteiger partial charge < -0.3 is 5.32 Å². The Labute approximate surface area is 55.3 Å². The molecule has 1 aliphatic rings. The zero-order valence-electron chi connectivity index (χ0n) is 5.38. The van der Waals surface area contributed by atoms with E-state index in [4.69, 9.17) is 5.73 Å². The van der Waals surface area contributed by atoms with E-state index >= 15 is 0 Å². The Hall–Kier alpha value is -0.700. The molecule has 0 radical (unpaired) electrons. The Morgan fingerprint density at radius 2 is 2.78 bits per heavy atom. The predicted molar refractivity (Wildman–Crippen MR) is 38.2 cm³/mol. The summed E-state index contributed by atoms with van der Waals surface area (Å²) in [7, 11) is 0. The van der Waals surface area contributed by atoms with Gasteiger partial charge in [0.2, 0.25) is 0 Å². The van der Waals surface area contributed by atoms with Crippen molar-refractivity contribution in [3.8, 4) is 0 Å². The minimum absolute atomic E-state index is 0.0317. The van der Waals surface area contributed by atoms with Crippen LogP contribution in [0, 0.1) is 6.92 Å². The van der Waals surface area contributed by atoms with Crippen molar-refractivity contribution in [2.75, 3.05) is 6.54 Å². The average molecular weight is 126 g/mol. The van der Waals surface area contributed by atoms with Gasteiger partial charge in [-0.2, -0.15) is 0 Å². The molecule has 3 nitrogen and oxygen atoms in total. The first-order chi connectivity index (χ1) is 4.29. The fourth-order valence-corrected chi connectivity index (χ4v) is 0.899. The van der Waals surface area contributed by atoms with E-state index in [0.29, 0.717) is 6.04 Å². The molecule has 50 valence electrons. The van der Waals surface area contributed by atoms with Gasteiger partial charge in [0, 0.05) is 6.42 Å². The Morgan fingerprint density at radius 3 is 3.22 bits per heavy atom. The molecule has 1 heterocycles. The quantitative estimate of drug-likeness (QED) is 0.492. The second kappa shape index (κ2) is 2.73. The minimum atomic E-state index is 0.0317. The molecule has 0 fully saturated rings. The summed E-state index contributed by atoms with van der Waals surface area (Å²) in [6.45, 7) is 4.53. The van der Waals surface area contributed by atoms with Gasteiger partial charge in [0.1, 0.15) is 6.04 Å².